The van der Waals surface area contributed by atoms with Crippen molar-refractivity contribution >= 4 is 23.2 Å². The van der Waals surface area contributed by atoms with Crippen molar-refractivity contribution in [3.05, 3.63) is 57.8 Å². The first-order valence-corrected chi connectivity index (χ1v) is 8.38. The summed E-state index contributed by atoms with van der Waals surface area (Å²) in [5.74, 6) is -0.409. The van der Waals surface area contributed by atoms with E-state index in [-0.39, 0.29) is 18.4 Å². The SMILES string of the molecule is C[NH+](C)Cc1ccccc1CNC(=O)CNC(=O)c1cccs1. The van der Waals surface area contributed by atoms with Crippen molar-refractivity contribution in [2.45, 2.75) is 13.1 Å². The van der Waals surface area contributed by atoms with E-state index in [1.807, 2.05) is 29.6 Å². The zero-order chi connectivity index (χ0) is 16.7. The fourth-order valence-electron chi connectivity index (χ4n) is 2.20. The Bertz CT molecular complexity index is 654. The number of quaternary nitrogens is 1. The monoisotopic (exact) mass is 332 g/mol. The number of nitrogens with one attached hydrogen (secondary N) is 3. The van der Waals surface area contributed by atoms with Crippen molar-refractivity contribution < 1.29 is 14.5 Å². The molecule has 0 saturated heterocycles. The zero-order valence-electron chi connectivity index (χ0n) is 13.4. The summed E-state index contributed by atoms with van der Waals surface area (Å²) in [7, 11) is 4.19. The molecule has 0 fully saturated rings. The standard InChI is InChI=1S/C17H21N3O2S/c1-20(2)12-14-7-4-3-6-13(14)10-18-16(21)11-19-17(22)15-8-5-9-23-15/h3-9H,10-12H2,1-2H3,(H,18,21)(H,19,22)/p+1. The normalized spacial score (nSPS) is 10.6. The summed E-state index contributed by atoms with van der Waals surface area (Å²) in [6.07, 6.45) is 0. The average molecular weight is 332 g/mol. The van der Waals surface area contributed by atoms with Gasteiger partial charge in [-0.15, -0.1) is 11.3 Å². The summed E-state index contributed by atoms with van der Waals surface area (Å²) in [5.41, 5.74) is 2.32. The molecule has 2 aromatic rings. The van der Waals surface area contributed by atoms with Gasteiger partial charge in [-0.2, -0.15) is 0 Å². The average Bonchev–Trinajstić information content (AvgIpc) is 3.05. The number of carbonyl (C=O) groups excluding carboxylic acids is 2. The van der Waals surface area contributed by atoms with E-state index in [1.54, 1.807) is 6.07 Å². The molecule has 0 aliphatic heterocycles. The topological polar surface area (TPSA) is 62.6 Å². The lowest BCUT2D eigenvalue weighted by Gasteiger charge is -2.13. The van der Waals surface area contributed by atoms with Gasteiger partial charge < -0.3 is 15.5 Å². The van der Waals surface area contributed by atoms with Gasteiger partial charge in [0.05, 0.1) is 25.5 Å². The number of thiophene rings is 1. The lowest BCUT2D eigenvalue weighted by Crippen LogP contribution is -3.04. The minimum Gasteiger partial charge on any atom is -0.350 e. The van der Waals surface area contributed by atoms with Crippen molar-refractivity contribution in [2.24, 2.45) is 0 Å². The van der Waals surface area contributed by atoms with Crippen LogP contribution in [0.2, 0.25) is 0 Å². The highest BCUT2D eigenvalue weighted by atomic mass is 32.1. The summed E-state index contributed by atoms with van der Waals surface area (Å²) in [4.78, 5) is 25.6. The molecule has 1 heterocycles. The Kier molecular flexibility index (Phi) is 6.31. The summed E-state index contributed by atoms with van der Waals surface area (Å²) in [6, 6.07) is 11.6. The highest BCUT2D eigenvalue weighted by Gasteiger charge is 2.10. The lowest BCUT2D eigenvalue weighted by molar-refractivity contribution is -0.872. The molecule has 0 atom stereocenters. The van der Waals surface area contributed by atoms with Gasteiger partial charge in [0, 0.05) is 12.1 Å². The van der Waals surface area contributed by atoms with Crippen LogP contribution >= 0.6 is 11.3 Å². The van der Waals surface area contributed by atoms with Gasteiger partial charge >= 0.3 is 0 Å². The zero-order valence-corrected chi connectivity index (χ0v) is 14.2. The molecule has 1 aromatic heterocycles. The molecular formula is C17H22N3O2S+. The second kappa shape index (κ2) is 8.45. The van der Waals surface area contributed by atoms with Crippen LogP contribution in [0.5, 0.6) is 0 Å². The maximum atomic E-state index is 11.9. The number of amides is 2. The Hall–Kier alpha value is -2.18. The second-order valence-corrected chi connectivity index (χ2v) is 6.54. The minimum absolute atomic E-state index is 0.0160. The Labute approximate surface area is 140 Å². The third-order valence-corrected chi connectivity index (χ3v) is 4.16. The molecule has 0 radical (unpaired) electrons. The molecule has 2 amide bonds. The van der Waals surface area contributed by atoms with E-state index in [0.29, 0.717) is 11.4 Å². The Morgan fingerprint density at radius 3 is 2.43 bits per heavy atom. The van der Waals surface area contributed by atoms with E-state index >= 15 is 0 Å². The molecule has 0 aliphatic carbocycles. The summed E-state index contributed by atoms with van der Waals surface area (Å²) >= 11 is 1.35. The van der Waals surface area contributed by atoms with Gasteiger partial charge in [0.2, 0.25) is 5.91 Å². The number of carbonyl (C=O) groups is 2. The maximum absolute atomic E-state index is 11.9. The first-order valence-electron chi connectivity index (χ1n) is 7.50. The minimum atomic E-state index is -0.216. The van der Waals surface area contributed by atoms with Crippen molar-refractivity contribution in [3.63, 3.8) is 0 Å². The largest absolute Gasteiger partial charge is 0.350 e. The van der Waals surface area contributed by atoms with E-state index in [0.717, 1.165) is 12.1 Å². The third-order valence-electron chi connectivity index (χ3n) is 3.29. The van der Waals surface area contributed by atoms with Gasteiger partial charge in [-0.3, -0.25) is 9.59 Å². The Balaban J connectivity index is 1.81. The molecule has 0 aliphatic rings. The van der Waals surface area contributed by atoms with E-state index in [4.69, 9.17) is 0 Å². The molecule has 6 heteroatoms. The van der Waals surface area contributed by atoms with Crippen LogP contribution in [0.1, 0.15) is 20.8 Å². The maximum Gasteiger partial charge on any atom is 0.261 e. The molecule has 0 bridgehead atoms. The van der Waals surface area contributed by atoms with E-state index < -0.39 is 0 Å². The number of rotatable bonds is 7. The molecule has 0 spiro atoms. The van der Waals surface area contributed by atoms with Gasteiger partial charge in [0.15, 0.2) is 0 Å². The Morgan fingerprint density at radius 2 is 1.78 bits per heavy atom. The van der Waals surface area contributed by atoms with Crippen LogP contribution < -0.4 is 15.5 Å². The first-order chi connectivity index (χ1) is 11.1. The fourth-order valence-corrected chi connectivity index (χ4v) is 2.84. The number of benzene rings is 1. The predicted octanol–water partition coefficient (Wildman–Crippen LogP) is 0.439. The first kappa shape index (κ1) is 17.2. The summed E-state index contributed by atoms with van der Waals surface area (Å²) in [5, 5.41) is 7.31. The highest BCUT2D eigenvalue weighted by Crippen LogP contribution is 2.08. The van der Waals surface area contributed by atoms with Crippen molar-refractivity contribution in [1.82, 2.24) is 10.6 Å². The predicted molar refractivity (Wildman–Crippen MR) is 91.5 cm³/mol. The van der Waals surface area contributed by atoms with E-state index in [1.165, 1.54) is 21.8 Å². The molecule has 5 nitrogen and oxygen atoms in total. The number of hydrogen-bond acceptors (Lipinski definition) is 3. The second-order valence-electron chi connectivity index (χ2n) is 5.59. The van der Waals surface area contributed by atoms with Crippen molar-refractivity contribution in [3.8, 4) is 0 Å². The van der Waals surface area contributed by atoms with Crippen LogP contribution in [-0.2, 0) is 17.9 Å². The van der Waals surface area contributed by atoms with Crippen molar-refractivity contribution in [1.29, 1.82) is 0 Å². The Morgan fingerprint density at radius 1 is 1.04 bits per heavy atom. The van der Waals surface area contributed by atoms with E-state index in [9.17, 15) is 9.59 Å². The van der Waals surface area contributed by atoms with Gasteiger partial charge in [0.1, 0.15) is 6.54 Å². The van der Waals surface area contributed by atoms with Crippen LogP contribution in [0.15, 0.2) is 41.8 Å². The third kappa shape index (κ3) is 5.50. The van der Waals surface area contributed by atoms with E-state index in [2.05, 4.69) is 30.8 Å². The molecule has 1 aromatic carbocycles. The van der Waals surface area contributed by atoms with Gasteiger partial charge in [-0.1, -0.05) is 30.3 Å². The molecule has 122 valence electrons. The smallest absolute Gasteiger partial charge is 0.261 e. The fraction of sp³-hybridized carbons (Fsp3) is 0.294. The van der Waals surface area contributed by atoms with Crippen LogP contribution in [-0.4, -0.2) is 32.5 Å². The number of hydrogen-bond donors (Lipinski definition) is 3. The molecule has 3 N–H and O–H groups in total. The van der Waals surface area contributed by atoms with Crippen LogP contribution in [0.25, 0.3) is 0 Å². The summed E-state index contributed by atoms with van der Waals surface area (Å²) < 4.78 is 0. The molecule has 23 heavy (non-hydrogen) atoms. The molecule has 0 unspecified atom stereocenters. The van der Waals surface area contributed by atoms with Crippen molar-refractivity contribution in [2.75, 3.05) is 20.6 Å². The van der Waals surface area contributed by atoms with Gasteiger partial charge in [-0.05, 0) is 17.0 Å². The molecule has 0 saturated carbocycles. The lowest BCUT2D eigenvalue weighted by atomic mass is 10.1. The molecular weight excluding hydrogens is 310 g/mol. The quantitative estimate of drug-likeness (QED) is 0.689. The van der Waals surface area contributed by atoms with Crippen LogP contribution in [0.4, 0.5) is 0 Å². The van der Waals surface area contributed by atoms with Gasteiger partial charge in [0.25, 0.3) is 5.91 Å². The van der Waals surface area contributed by atoms with Crippen LogP contribution in [0.3, 0.4) is 0 Å². The van der Waals surface area contributed by atoms with Crippen LogP contribution in [0, 0.1) is 0 Å². The molecule has 2 rings (SSSR count). The van der Waals surface area contributed by atoms with Gasteiger partial charge in [-0.25, -0.2) is 0 Å². The summed E-state index contributed by atoms with van der Waals surface area (Å²) in [6.45, 7) is 1.36. The highest BCUT2D eigenvalue weighted by molar-refractivity contribution is 7.12.